The maximum Gasteiger partial charge on any atom is 0.119 e. The molecule has 0 saturated carbocycles. The quantitative estimate of drug-likeness (QED) is 0.836. The van der Waals surface area contributed by atoms with E-state index in [0.717, 1.165) is 12.2 Å². The predicted octanol–water partition coefficient (Wildman–Crippen LogP) is 5.23. The molecule has 0 spiro atoms. The lowest BCUT2D eigenvalue weighted by atomic mass is 9.89. The molecule has 0 aromatic heterocycles. The third kappa shape index (κ3) is 2.39. The van der Waals surface area contributed by atoms with Crippen LogP contribution < -0.4 is 4.74 Å². The van der Waals surface area contributed by atoms with Crippen LogP contribution >= 0.6 is 0 Å². The molecule has 1 N–H and O–H groups in total. The molecular weight excluding hydrogens is 272 g/mol. The molecule has 0 bridgehead atoms. The van der Waals surface area contributed by atoms with Crippen molar-refractivity contribution in [2.45, 2.75) is 33.1 Å². The minimum atomic E-state index is 0.334. The second kappa shape index (κ2) is 5.88. The van der Waals surface area contributed by atoms with Gasteiger partial charge in [0.2, 0.25) is 0 Å². The molecule has 0 heterocycles. The smallest absolute Gasteiger partial charge is 0.119 e. The van der Waals surface area contributed by atoms with Crippen LogP contribution in [-0.4, -0.2) is 11.7 Å². The summed E-state index contributed by atoms with van der Waals surface area (Å²) in [6, 6.07) is 14.1. The third-order valence-corrected chi connectivity index (χ3v) is 4.45. The van der Waals surface area contributed by atoms with Crippen LogP contribution in [0.15, 0.2) is 42.5 Å². The van der Waals surface area contributed by atoms with E-state index in [4.69, 9.17) is 4.74 Å². The first kappa shape index (κ1) is 14.7. The first-order valence-electron chi connectivity index (χ1n) is 7.93. The number of hydrogen-bond acceptors (Lipinski definition) is 2. The van der Waals surface area contributed by atoms with Crippen LogP contribution in [0.3, 0.4) is 0 Å². The zero-order chi connectivity index (χ0) is 15.7. The number of benzene rings is 2. The van der Waals surface area contributed by atoms with Gasteiger partial charge >= 0.3 is 0 Å². The fraction of sp³-hybridized carbons (Fsp3) is 0.300. The van der Waals surface area contributed by atoms with Crippen LogP contribution in [0.2, 0.25) is 0 Å². The summed E-state index contributed by atoms with van der Waals surface area (Å²) in [5.41, 5.74) is 6.37. The first-order chi connectivity index (χ1) is 10.7. The maximum absolute atomic E-state index is 9.79. The maximum atomic E-state index is 9.79. The molecule has 2 aromatic carbocycles. The summed E-state index contributed by atoms with van der Waals surface area (Å²) < 4.78 is 5.53. The molecule has 2 nitrogen and oxygen atoms in total. The van der Waals surface area contributed by atoms with Crippen LogP contribution in [0.4, 0.5) is 0 Å². The third-order valence-electron chi connectivity index (χ3n) is 4.45. The van der Waals surface area contributed by atoms with E-state index >= 15 is 0 Å². The van der Waals surface area contributed by atoms with Crippen molar-refractivity contribution in [1.29, 1.82) is 0 Å². The number of phenolic OH excluding ortho intramolecular Hbond substituents is 1. The lowest BCUT2D eigenvalue weighted by Gasteiger charge is -2.16. The highest BCUT2D eigenvalue weighted by Crippen LogP contribution is 2.49. The van der Waals surface area contributed by atoms with Gasteiger partial charge in [-0.25, -0.2) is 0 Å². The van der Waals surface area contributed by atoms with Crippen molar-refractivity contribution in [3.8, 4) is 11.5 Å². The normalized spacial score (nSPS) is 16.8. The molecule has 114 valence electrons. The summed E-state index contributed by atoms with van der Waals surface area (Å²) in [5.74, 6) is 1.64. The summed E-state index contributed by atoms with van der Waals surface area (Å²) in [6.07, 6.45) is 1.05. The van der Waals surface area contributed by atoms with Crippen LogP contribution in [0, 0.1) is 0 Å². The molecule has 0 saturated heterocycles. The Hall–Kier alpha value is -2.22. The molecule has 1 aliphatic carbocycles. The number of ether oxygens (including phenoxy) is 1. The molecule has 0 radical (unpaired) electrons. The van der Waals surface area contributed by atoms with Gasteiger partial charge in [-0.2, -0.15) is 0 Å². The van der Waals surface area contributed by atoms with Gasteiger partial charge in [-0.15, -0.1) is 0 Å². The van der Waals surface area contributed by atoms with Gasteiger partial charge in [-0.05, 0) is 72.4 Å². The van der Waals surface area contributed by atoms with Gasteiger partial charge in [0.15, 0.2) is 0 Å². The van der Waals surface area contributed by atoms with E-state index in [1.54, 1.807) is 6.07 Å². The van der Waals surface area contributed by atoms with Crippen molar-refractivity contribution in [2.75, 3.05) is 6.61 Å². The molecule has 22 heavy (non-hydrogen) atoms. The molecule has 2 heteroatoms. The Morgan fingerprint density at radius 1 is 1.05 bits per heavy atom. The van der Waals surface area contributed by atoms with E-state index in [9.17, 15) is 5.11 Å². The Morgan fingerprint density at radius 3 is 2.41 bits per heavy atom. The standard InChI is InChI=1S/C20H22O2/c1-4-17-18-11-8-15(21)12-19(18)13(3)20(17)14-6-9-16(10-7-14)22-5-2/h6-12,17,21H,4-5H2,1-3H3/t17-/m0/s1. The van der Waals surface area contributed by atoms with E-state index in [-0.39, 0.29) is 0 Å². The first-order valence-corrected chi connectivity index (χ1v) is 7.93. The van der Waals surface area contributed by atoms with Crippen molar-refractivity contribution in [1.82, 2.24) is 0 Å². The van der Waals surface area contributed by atoms with Gasteiger partial charge in [-0.1, -0.05) is 25.1 Å². The van der Waals surface area contributed by atoms with Crippen LogP contribution in [0.5, 0.6) is 11.5 Å². The van der Waals surface area contributed by atoms with Crippen molar-refractivity contribution in [3.63, 3.8) is 0 Å². The molecule has 1 aliphatic rings. The van der Waals surface area contributed by atoms with Gasteiger partial charge in [-0.3, -0.25) is 0 Å². The summed E-state index contributed by atoms with van der Waals surface area (Å²) in [4.78, 5) is 0. The Kier molecular flexibility index (Phi) is 3.93. The van der Waals surface area contributed by atoms with Crippen LogP contribution in [0.1, 0.15) is 49.8 Å². The minimum absolute atomic E-state index is 0.334. The van der Waals surface area contributed by atoms with Crippen LogP contribution in [-0.2, 0) is 0 Å². The molecule has 1 atom stereocenters. The zero-order valence-electron chi connectivity index (χ0n) is 13.4. The molecule has 0 unspecified atom stereocenters. The summed E-state index contributed by atoms with van der Waals surface area (Å²) in [5, 5.41) is 9.79. The average Bonchev–Trinajstić information content (AvgIpc) is 2.80. The molecule has 0 amide bonds. The van der Waals surface area contributed by atoms with Crippen molar-refractivity contribution in [2.24, 2.45) is 0 Å². The molecule has 0 fully saturated rings. The predicted molar refractivity (Wildman–Crippen MR) is 91.2 cm³/mol. The van der Waals surface area contributed by atoms with E-state index in [1.807, 2.05) is 25.1 Å². The second-order valence-corrected chi connectivity index (χ2v) is 5.73. The molecular formula is C20H22O2. The minimum Gasteiger partial charge on any atom is -0.508 e. The Balaban J connectivity index is 2.05. The van der Waals surface area contributed by atoms with Crippen molar-refractivity contribution >= 4 is 11.1 Å². The Morgan fingerprint density at radius 2 is 1.77 bits per heavy atom. The van der Waals surface area contributed by atoms with Crippen LogP contribution in [0.25, 0.3) is 11.1 Å². The number of allylic oxidation sites excluding steroid dienone is 2. The monoisotopic (exact) mass is 294 g/mol. The number of hydrogen-bond donors (Lipinski definition) is 1. The zero-order valence-corrected chi connectivity index (χ0v) is 13.4. The summed E-state index contributed by atoms with van der Waals surface area (Å²) in [7, 11) is 0. The van der Waals surface area contributed by atoms with Crippen molar-refractivity contribution < 1.29 is 9.84 Å². The highest BCUT2D eigenvalue weighted by atomic mass is 16.5. The number of fused-ring (bicyclic) bond motifs is 1. The van der Waals surface area contributed by atoms with E-state index in [0.29, 0.717) is 18.3 Å². The number of aromatic hydroxyl groups is 1. The summed E-state index contributed by atoms with van der Waals surface area (Å²) >= 11 is 0. The number of rotatable bonds is 4. The average molecular weight is 294 g/mol. The topological polar surface area (TPSA) is 29.5 Å². The van der Waals surface area contributed by atoms with Gasteiger partial charge in [0.25, 0.3) is 0 Å². The highest BCUT2D eigenvalue weighted by Gasteiger charge is 2.29. The SMILES string of the molecule is CCOc1ccc(C2=C(C)c3cc(O)ccc3[C@@H]2CC)cc1. The Bertz CT molecular complexity index is 711. The van der Waals surface area contributed by atoms with Gasteiger partial charge in [0.05, 0.1) is 6.61 Å². The van der Waals surface area contributed by atoms with E-state index in [2.05, 4.69) is 32.0 Å². The van der Waals surface area contributed by atoms with Crippen molar-refractivity contribution in [3.05, 3.63) is 59.2 Å². The lowest BCUT2D eigenvalue weighted by molar-refractivity contribution is 0.340. The Labute approximate surface area is 132 Å². The molecule has 2 aromatic rings. The summed E-state index contributed by atoms with van der Waals surface area (Å²) in [6.45, 7) is 7.05. The highest BCUT2D eigenvalue weighted by molar-refractivity contribution is 5.98. The fourth-order valence-corrected chi connectivity index (χ4v) is 3.47. The molecule has 0 aliphatic heterocycles. The molecule has 3 rings (SSSR count). The van der Waals surface area contributed by atoms with Gasteiger partial charge < -0.3 is 9.84 Å². The van der Waals surface area contributed by atoms with E-state index in [1.165, 1.54) is 27.8 Å². The lowest BCUT2D eigenvalue weighted by Crippen LogP contribution is -1.97. The number of phenols is 1. The van der Waals surface area contributed by atoms with Gasteiger partial charge in [0, 0.05) is 5.92 Å². The fourth-order valence-electron chi connectivity index (χ4n) is 3.47. The largest absolute Gasteiger partial charge is 0.508 e. The van der Waals surface area contributed by atoms with Gasteiger partial charge in [0.1, 0.15) is 11.5 Å². The van der Waals surface area contributed by atoms with E-state index < -0.39 is 0 Å². The second-order valence-electron chi connectivity index (χ2n) is 5.73.